The molecule has 6 heteroatoms. The third kappa shape index (κ3) is 2.84. The highest BCUT2D eigenvalue weighted by atomic mass is 79.9. The number of phenols is 1. The zero-order valence-electron chi connectivity index (χ0n) is 16.3. The Morgan fingerprint density at radius 2 is 1.96 bits per heavy atom. The number of phenolic OH excluding ortho intramolecular Hbond substituents is 1. The Hall–Kier alpha value is -1.69. The minimum absolute atomic E-state index is 0.0104. The van der Waals surface area contributed by atoms with E-state index in [0.717, 1.165) is 17.5 Å². The van der Waals surface area contributed by atoms with Crippen molar-refractivity contribution in [3.05, 3.63) is 27.2 Å². The van der Waals surface area contributed by atoms with Gasteiger partial charge in [0.1, 0.15) is 5.75 Å². The van der Waals surface area contributed by atoms with Gasteiger partial charge in [-0.15, -0.1) is 0 Å². The molecule has 146 valence electrons. The summed E-state index contributed by atoms with van der Waals surface area (Å²) in [6, 6.07) is 1.91. The van der Waals surface area contributed by atoms with Crippen molar-refractivity contribution < 1.29 is 24.2 Å². The molecular formula is C21H25BrO5. The molecule has 0 saturated heterocycles. The number of hydrogen-bond acceptors (Lipinski definition) is 5. The van der Waals surface area contributed by atoms with Gasteiger partial charge in [-0.2, -0.15) is 0 Å². The number of carbonyl (C=O) groups is 3. The summed E-state index contributed by atoms with van der Waals surface area (Å²) in [5.74, 6) is -0.985. The maximum Gasteiger partial charge on any atom is 0.303 e. The molecule has 0 aromatic heterocycles. The van der Waals surface area contributed by atoms with Crippen LogP contribution in [0.4, 0.5) is 0 Å². The van der Waals surface area contributed by atoms with Crippen molar-refractivity contribution in [3.63, 3.8) is 0 Å². The molecular weight excluding hydrogens is 412 g/mol. The number of carbonyl (C=O) groups excluding carboxylic acids is 3. The van der Waals surface area contributed by atoms with Crippen LogP contribution in [-0.4, -0.2) is 29.2 Å². The summed E-state index contributed by atoms with van der Waals surface area (Å²) in [7, 11) is 0. The Morgan fingerprint density at radius 1 is 1.33 bits per heavy atom. The van der Waals surface area contributed by atoms with Crippen molar-refractivity contribution in [2.24, 2.45) is 16.7 Å². The number of fused-ring (bicyclic) bond motifs is 3. The summed E-state index contributed by atoms with van der Waals surface area (Å²) >= 11 is 3.37. The van der Waals surface area contributed by atoms with Gasteiger partial charge < -0.3 is 9.84 Å². The number of ketones is 2. The molecule has 3 rings (SSSR count). The average molecular weight is 437 g/mol. The molecule has 0 amide bonds. The van der Waals surface area contributed by atoms with E-state index in [0.29, 0.717) is 16.5 Å². The number of Topliss-reactive ketones (excluding diaryl/α,β-unsaturated/α-hetero) is 2. The van der Waals surface area contributed by atoms with E-state index in [4.69, 9.17) is 4.74 Å². The number of esters is 1. The Bertz CT molecular complexity index is 857. The number of aromatic hydroxyl groups is 1. The Balaban J connectivity index is 2.19. The molecule has 1 aromatic carbocycles. The second-order valence-corrected chi connectivity index (χ2v) is 9.41. The number of aryl methyl sites for hydroxylation is 1. The van der Waals surface area contributed by atoms with E-state index < -0.39 is 16.8 Å². The third-order valence-electron chi connectivity index (χ3n) is 6.63. The SMILES string of the molecule is CC(=O)OCC(=O)[C@]1(C)CC[C@H]2[C@@H]1c1cc(C)c(Br)c(O)c1C(=O)C2(C)C. The molecule has 27 heavy (non-hydrogen) atoms. The average Bonchev–Trinajstić information content (AvgIpc) is 2.95. The minimum Gasteiger partial charge on any atom is -0.506 e. The molecule has 0 spiro atoms. The van der Waals surface area contributed by atoms with E-state index in [1.54, 1.807) is 0 Å². The van der Waals surface area contributed by atoms with Gasteiger partial charge in [-0.1, -0.05) is 26.8 Å². The van der Waals surface area contributed by atoms with E-state index in [1.807, 2.05) is 33.8 Å². The van der Waals surface area contributed by atoms with Crippen molar-refractivity contribution >= 4 is 33.5 Å². The van der Waals surface area contributed by atoms with Gasteiger partial charge in [-0.3, -0.25) is 14.4 Å². The van der Waals surface area contributed by atoms with Crippen LogP contribution in [-0.2, 0) is 14.3 Å². The van der Waals surface area contributed by atoms with Gasteiger partial charge in [-0.25, -0.2) is 0 Å². The van der Waals surface area contributed by atoms with Crippen molar-refractivity contribution in [2.45, 2.75) is 53.4 Å². The smallest absolute Gasteiger partial charge is 0.303 e. The standard InChI is InChI=1S/C21H25BrO5/c1-10-8-12-15(18(25)17(10)22)19(26)20(3,4)13-6-7-21(5,16(12)13)14(24)9-27-11(2)23/h8,13,16,25H,6-7,9H2,1-5H3/t13-,16-,21-/m0/s1. The second kappa shape index (κ2) is 6.43. The zero-order valence-corrected chi connectivity index (χ0v) is 17.9. The molecule has 0 bridgehead atoms. The zero-order chi connectivity index (χ0) is 20.3. The van der Waals surface area contributed by atoms with Crippen LogP contribution in [0.1, 0.15) is 67.9 Å². The molecule has 5 nitrogen and oxygen atoms in total. The molecule has 3 atom stereocenters. The molecule has 1 fully saturated rings. The van der Waals surface area contributed by atoms with Crippen LogP contribution < -0.4 is 0 Å². The first kappa shape index (κ1) is 20.1. The van der Waals surface area contributed by atoms with Crippen molar-refractivity contribution in [1.29, 1.82) is 0 Å². The van der Waals surface area contributed by atoms with E-state index in [-0.39, 0.29) is 35.8 Å². The van der Waals surface area contributed by atoms with Crippen LogP contribution >= 0.6 is 15.9 Å². The number of rotatable bonds is 3. The van der Waals surface area contributed by atoms with E-state index in [1.165, 1.54) is 6.92 Å². The van der Waals surface area contributed by atoms with Gasteiger partial charge in [0.05, 0.1) is 10.0 Å². The first-order valence-corrected chi connectivity index (χ1v) is 9.95. The number of benzene rings is 1. The lowest BCUT2D eigenvalue weighted by Gasteiger charge is -2.45. The fourth-order valence-corrected chi connectivity index (χ4v) is 5.29. The summed E-state index contributed by atoms with van der Waals surface area (Å²) in [5, 5.41) is 10.7. The largest absolute Gasteiger partial charge is 0.506 e. The fourth-order valence-electron chi connectivity index (χ4n) is 4.98. The highest BCUT2D eigenvalue weighted by Crippen LogP contribution is 2.63. The van der Waals surface area contributed by atoms with Crippen LogP contribution in [0.15, 0.2) is 10.5 Å². The molecule has 1 N–H and O–H groups in total. The van der Waals surface area contributed by atoms with Gasteiger partial charge in [0, 0.05) is 23.7 Å². The summed E-state index contributed by atoms with van der Waals surface area (Å²) in [5.41, 5.74) is 0.424. The topological polar surface area (TPSA) is 80.7 Å². The first-order chi connectivity index (χ1) is 12.4. The van der Waals surface area contributed by atoms with Crippen LogP contribution in [0.25, 0.3) is 0 Å². The van der Waals surface area contributed by atoms with Crippen LogP contribution in [0.3, 0.4) is 0 Å². The summed E-state index contributed by atoms with van der Waals surface area (Å²) < 4.78 is 5.49. The van der Waals surface area contributed by atoms with Gasteiger partial charge in [0.15, 0.2) is 18.2 Å². The van der Waals surface area contributed by atoms with E-state index >= 15 is 0 Å². The molecule has 2 aliphatic carbocycles. The molecule has 1 saturated carbocycles. The molecule has 0 unspecified atom stereocenters. The molecule has 2 aliphatic rings. The van der Waals surface area contributed by atoms with Gasteiger partial charge >= 0.3 is 5.97 Å². The molecule has 0 heterocycles. The maximum atomic E-state index is 13.2. The lowest BCUT2D eigenvalue weighted by atomic mass is 9.57. The van der Waals surface area contributed by atoms with Crippen LogP contribution in [0.5, 0.6) is 5.75 Å². The Morgan fingerprint density at radius 3 is 2.56 bits per heavy atom. The molecule has 1 aromatic rings. The van der Waals surface area contributed by atoms with E-state index in [9.17, 15) is 19.5 Å². The lowest BCUT2D eigenvalue weighted by Crippen LogP contribution is -2.45. The van der Waals surface area contributed by atoms with Crippen molar-refractivity contribution in [3.8, 4) is 5.75 Å². The molecule has 0 radical (unpaired) electrons. The first-order valence-electron chi connectivity index (χ1n) is 9.16. The number of ether oxygens (including phenoxy) is 1. The Kier molecular flexibility index (Phi) is 4.78. The quantitative estimate of drug-likeness (QED) is 0.713. The highest BCUT2D eigenvalue weighted by molar-refractivity contribution is 9.10. The molecule has 0 aliphatic heterocycles. The summed E-state index contributed by atoms with van der Waals surface area (Å²) in [4.78, 5) is 37.4. The lowest BCUT2D eigenvalue weighted by molar-refractivity contribution is -0.149. The predicted molar refractivity (Wildman–Crippen MR) is 104 cm³/mol. The summed E-state index contributed by atoms with van der Waals surface area (Å²) in [6.07, 6.45) is 1.36. The number of hydrogen-bond donors (Lipinski definition) is 1. The summed E-state index contributed by atoms with van der Waals surface area (Å²) in [6.45, 7) is 8.56. The maximum absolute atomic E-state index is 13.2. The number of halogens is 1. The van der Waals surface area contributed by atoms with Gasteiger partial charge in [0.25, 0.3) is 0 Å². The normalized spacial score (nSPS) is 28.4. The van der Waals surface area contributed by atoms with Crippen molar-refractivity contribution in [2.75, 3.05) is 6.61 Å². The minimum atomic E-state index is -0.750. The van der Waals surface area contributed by atoms with Crippen LogP contribution in [0.2, 0.25) is 0 Å². The van der Waals surface area contributed by atoms with Crippen LogP contribution in [0, 0.1) is 23.7 Å². The fraction of sp³-hybridized carbons (Fsp3) is 0.571. The monoisotopic (exact) mass is 436 g/mol. The van der Waals surface area contributed by atoms with Gasteiger partial charge in [-0.05, 0) is 52.7 Å². The van der Waals surface area contributed by atoms with Crippen molar-refractivity contribution in [1.82, 2.24) is 0 Å². The second-order valence-electron chi connectivity index (χ2n) is 8.61. The predicted octanol–water partition coefficient (Wildman–Crippen LogP) is 4.32. The highest BCUT2D eigenvalue weighted by Gasteiger charge is 2.60. The Labute approximate surface area is 167 Å². The third-order valence-corrected chi connectivity index (χ3v) is 7.63. The van der Waals surface area contributed by atoms with Gasteiger partial charge in [0.2, 0.25) is 0 Å². The van der Waals surface area contributed by atoms with E-state index in [2.05, 4.69) is 15.9 Å².